The minimum absolute atomic E-state index is 0. The van der Waals surface area contributed by atoms with Crippen molar-refractivity contribution in [1.82, 2.24) is 53.2 Å². The van der Waals surface area contributed by atoms with E-state index < -0.39 is 120 Å². The monoisotopic (exact) mass is 1940 g/mol. The second-order valence-corrected chi connectivity index (χ2v) is 38.0. The maximum Gasteiger partial charge on any atom is 1.00 e. The van der Waals surface area contributed by atoms with Crippen LogP contribution in [-0.4, -0.2) is 219 Å². The quantitative estimate of drug-likeness (QED) is 0.00317. The van der Waals surface area contributed by atoms with Gasteiger partial charge in [0.15, 0.2) is 23.6 Å². The van der Waals surface area contributed by atoms with Crippen LogP contribution in [0.1, 0.15) is 193 Å². The Kier molecular flexibility index (Phi) is 48.9. The summed E-state index contributed by atoms with van der Waals surface area (Å²) in [6, 6.07) is 16.2. The number of amides is 6. The first-order valence-electron chi connectivity index (χ1n) is 44.2. The van der Waals surface area contributed by atoms with Crippen LogP contribution < -0.4 is 145 Å². The smallest absolute Gasteiger partial charge is 0.748 e. The number of carbonyl (C=O) groups excluding carboxylic acids is 6. The van der Waals surface area contributed by atoms with Gasteiger partial charge in [-0.2, -0.15) is 17.3 Å². The van der Waals surface area contributed by atoms with Crippen LogP contribution in [0, 0.1) is 16.2 Å². The number of guanidine groups is 3. The van der Waals surface area contributed by atoms with E-state index in [0.717, 1.165) is 92.8 Å². The third kappa shape index (κ3) is 37.3. The molecule has 6 atom stereocenters. The van der Waals surface area contributed by atoms with Gasteiger partial charge in [0.2, 0.25) is 41.1 Å². The summed E-state index contributed by atoms with van der Waals surface area (Å²) in [5.41, 5.74) is 24.2. The molecule has 4 aromatic rings. The minimum atomic E-state index is -4.43. The van der Waals surface area contributed by atoms with Crippen molar-refractivity contribution in [1.29, 1.82) is 16.2 Å². The summed E-state index contributed by atoms with van der Waals surface area (Å²) in [7, 11) is -7.26. The fourth-order valence-corrected chi connectivity index (χ4v) is 18.1. The van der Waals surface area contributed by atoms with Crippen LogP contribution in [0.3, 0.4) is 0 Å². The Morgan fingerprint density at radius 2 is 1.20 bits per heavy atom. The van der Waals surface area contributed by atoms with Crippen molar-refractivity contribution in [2.24, 2.45) is 17.2 Å². The molecule has 133 heavy (non-hydrogen) atoms. The van der Waals surface area contributed by atoms with E-state index in [-0.39, 0.29) is 212 Å². The van der Waals surface area contributed by atoms with Gasteiger partial charge in [-0.3, -0.25) is 59.4 Å². The number of anilines is 2. The molecule has 2 heterocycles. The van der Waals surface area contributed by atoms with Gasteiger partial charge in [0.1, 0.15) is 36.8 Å². The van der Waals surface area contributed by atoms with Gasteiger partial charge in [-0.25, -0.2) is 13.2 Å². The number of nitrogens with two attached hydrogens (primary N) is 3. The number of allylic oxidation sites excluding steroid dienone is 8. The third-order valence-electron chi connectivity index (χ3n) is 23.2. The van der Waals surface area contributed by atoms with E-state index >= 15 is 0 Å². The molecular formula is C89H129ClN19Na2O19S3+. The van der Waals surface area contributed by atoms with Crippen molar-refractivity contribution < 1.29 is 153 Å². The fourth-order valence-electron chi connectivity index (χ4n) is 16.4. The van der Waals surface area contributed by atoms with Crippen LogP contribution in [0.25, 0.3) is 10.8 Å². The Bertz CT molecular complexity index is 5090. The zero-order valence-corrected chi connectivity index (χ0v) is 84.4. The standard InChI is InChI=1S/C89H130ClN19O19S3.2Na/c1-7-8-48-107(49-21-52-130(121,122)123)61-35-40-71-64(56-61)88(2,3)73(108(71)51-22-53-131(124,125)126)41-33-58-25-17-26-59(78(58)90)34-42-74-89(4,5)77-63-37-36-62(129-128-127-120)55-60(63)32-39-72(77)109(74)50-16-10-13-31-75(110)98-44-15-14-27-66(80(114)103-68(29-19-46-100-86(93)94)82(116)105-69(84(118)119)30-20-47-101-87(95)96)102-81(115)67(28-18-45-99-85(91)92)104-83(117)70(54-57-23-11-9-12-24-57)106-79(113)65(97-6)38-43-76(111)112;;/h9,11-12,23-24,32-37,39-42,55-56,65-70,97H,7-8,10,13-22,25-31,38,43-54H2,1-6H3,(H22-,91,92,93,94,95,96,98,99,100,101,102,103,104,105,106,110,111,112,113,114,115,116,117,118,119,120,121,122,123,124,125,126);;/q;2*+1/p-1. The van der Waals surface area contributed by atoms with Crippen LogP contribution in [0.4, 0.5) is 17.1 Å². The summed E-state index contributed by atoms with van der Waals surface area (Å²) in [5, 5.41) is 86.5. The Morgan fingerprint density at radius 1 is 0.632 bits per heavy atom. The molecule has 7 rings (SSSR count). The van der Waals surface area contributed by atoms with E-state index in [2.05, 4.69) is 136 Å². The largest absolute Gasteiger partial charge is 1.00 e. The molecule has 0 saturated carbocycles. The van der Waals surface area contributed by atoms with Crippen LogP contribution in [0.2, 0.25) is 0 Å². The van der Waals surface area contributed by atoms with Crippen molar-refractivity contribution in [3.63, 3.8) is 0 Å². The van der Waals surface area contributed by atoms with E-state index in [4.69, 9.17) is 45.0 Å². The third-order valence-corrected chi connectivity index (χ3v) is 25.8. The molecule has 0 bridgehead atoms. The first-order chi connectivity index (χ1) is 62.2. The van der Waals surface area contributed by atoms with Gasteiger partial charge in [0.25, 0.3) is 10.1 Å². The number of aliphatic carboxylic acids is 2. The molecule has 2 aliphatic heterocycles. The van der Waals surface area contributed by atoms with E-state index in [1.165, 1.54) is 7.05 Å². The number of rotatable bonds is 58. The minimum Gasteiger partial charge on any atom is -0.748 e. The number of carbonyl (C=O) groups is 8. The Morgan fingerprint density at radius 3 is 1.77 bits per heavy atom. The molecule has 3 aliphatic rings. The number of hydrogen-bond acceptors (Lipinski definition) is 23. The van der Waals surface area contributed by atoms with Gasteiger partial charge in [-0.05, 0) is 200 Å². The molecule has 720 valence electrons. The number of benzene rings is 4. The number of unbranched alkanes of at least 4 members (excludes halogenated alkanes) is 4. The van der Waals surface area contributed by atoms with Crippen molar-refractivity contribution in [2.75, 3.05) is 80.7 Å². The van der Waals surface area contributed by atoms with Gasteiger partial charge in [-0.1, -0.05) is 99.8 Å². The maximum atomic E-state index is 14.9. The van der Waals surface area contributed by atoms with E-state index in [1.54, 1.807) is 30.3 Å². The molecule has 0 saturated heterocycles. The molecule has 6 unspecified atom stereocenters. The molecule has 0 aromatic heterocycles. The van der Waals surface area contributed by atoms with Gasteiger partial charge < -0.3 is 100 Å². The van der Waals surface area contributed by atoms with Gasteiger partial charge >= 0.3 is 71.1 Å². The van der Waals surface area contributed by atoms with Crippen molar-refractivity contribution in [3.05, 3.63) is 142 Å². The molecule has 6 amide bonds. The zero-order valence-electron chi connectivity index (χ0n) is 77.2. The van der Waals surface area contributed by atoms with Crippen LogP contribution >= 0.6 is 23.6 Å². The Balaban J connectivity index is 0.0000156. The topological polar surface area (TPSA) is 610 Å². The number of nitrogens with one attached hydrogen (secondary N) is 13. The van der Waals surface area contributed by atoms with Crippen molar-refractivity contribution in [3.8, 4) is 0 Å². The van der Waals surface area contributed by atoms with Gasteiger partial charge in [0.05, 0.1) is 39.4 Å². The summed E-state index contributed by atoms with van der Waals surface area (Å²) < 4.78 is 75.6. The fraction of sp³-hybridized carbons (Fsp3) is 0.528. The van der Waals surface area contributed by atoms with Gasteiger partial charge in [0, 0.05) is 127 Å². The van der Waals surface area contributed by atoms with Gasteiger partial charge in [-0.15, -0.1) is 0 Å². The van der Waals surface area contributed by atoms with E-state index in [0.29, 0.717) is 67.2 Å². The molecule has 22 N–H and O–H groups in total. The number of hydrogen-bond donors (Lipinski definition) is 19. The molecule has 0 radical (unpaired) electrons. The van der Waals surface area contributed by atoms with Crippen LogP contribution in [0.5, 0.6) is 0 Å². The molecule has 0 fully saturated rings. The number of fused-ring (bicyclic) bond motifs is 4. The number of carboxylic acids is 2. The summed E-state index contributed by atoms with van der Waals surface area (Å²) in [5.74, 6) is -9.10. The summed E-state index contributed by atoms with van der Waals surface area (Å²) in [6.45, 7) is 12.7. The first-order valence-corrected chi connectivity index (χ1v) is 48.5. The van der Waals surface area contributed by atoms with Crippen molar-refractivity contribution in [2.45, 2.75) is 234 Å². The average Bonchev–Trinajstić information content (AvgIpc) is 1.57. The number of nitrogens with zero attached hydrogens (tertiary/aromatic N) is 3. The number of likely N-dealkylation sites (N-methyl/N-ethyl adjacent to an activating group) is 1. The second-order valence-electron chi connectivity index (χ2n) is 33.8. The van der Waals surface area contributed by atoms with E-state index in [1.807, 2.05) is 48.6 Å². The average molecular weight is 1950 g/mol. The maximum absolute atomic E-state index is 14.9. The Labute approximate surface area is 832 Å². The molecule has 44 heteroatoms. The van der Waals surface area contributed by atoms with E-state index in [9.17, 15) is 79.8 Å². The summed E-state index contributed by atoms with van der Waals surface area (Å²) in [6.07, 6.45) is 14.0. The zero-order chi connectivity index (χ0) is 96.2. The molecule has 4 aromatic carbocycles. The predicted octanol–water partition coefficient (Wildman–Crippen LogP) is -0.0438. The van der Waals surface area contributed by atoms with Crippen molar-refractivity contribution >= 4 is 143 Å². The van der Waals surface area contributed by atoms with Crippen LogP contribution in [0.15, 0.2) is 130 Å². The summed E-state index contributed by atoms with van der Waals surface area (Å²) in [4.78, 5) is 115. The molecule has 1 aliphatic carbocycles. The Hall–Kier alpha value is -8.76. The SMILES string of the molecule is CCCCN(CCCS(=O)(=O)[O-])c1ccc2c(c1)C(C)(C)C(/C=C/C1=C(Cl)C(=C/C=C3/N(CCCCCC(=O)NCCCCC(NC(=O)C(CCCNC(=N)N)NC(=O)C(Cc4ccccc4)NC(=O)C(CCC(=O)O)NC)C(=O)NC(CCCNC(=N)N)C(=O)NC(CCCNC(=N)N)C(=O)O)c4ccc5cc(SOO[O-])ccc5c4C3(C)C)/CCC1)=[N+]2CCCS(=O)(=O)O.[Na+].[Na+]. The first kappa shape index (κ1) is 115. The van der Waals surface area contributed by atoms with Crippen LogP contribution in [-0.2, 0) is 85.2 Å². The number of carboxylic acid groups (broad SMARTS) is 2. The molecule has 38 nitrogen and oxygen atoms in total. The summed E-state index contributed by atoms with van der Waals surface area (Å²) >= 11 is 8.30. The molecule has 0 spiro atoms. The number of halogens is 1. The predicted molar refractivity (Wildman–Crippen MR) is 501 cm³/mol. The second kappa shape index (κ2) is 56.7. The normalized spacial score (nSPS) is 15.8. The molecular weight excluding hydrogens is 1820 g/mol.